The zero-order valence-electron chi connectivity index (χ0n) is 14.4. The van der Waals surface area contributed by atoms with Gasteiger partial charge in [0.05, 0.1) is 12.2 Å². The van der Waals surface area contributed by atoms with Crippen molar-refractivity contribution in [3.8, 4) is 11.5 Å². The molecule has 0 saturated heterocycles. The quantitative estimate of drug-likeness (QED) is 0.549. The molecule has 0 aliphatic rings. The first-order chi connectivity index (χ1) is 13.0. The van der Waals surface area contributed by atoms with Crippen molar-refractivity contribution in [2.75, 3.05) is 0 Å². The van der Waals surface area contributed by atoms with Crippen molar-refractivity contribution in [3.63, 3.8) is 0 Å². The first-order valence-electron chi connectivity index (χ1n) is 8.32. The van der Waals surface area contributed by atoms with E-state index < -0.39 is 11.9 Å². The number of aromatic nitrogens is 6. The first kappa shape index (κ1) is 17.2. The molecular formula is C18H15F3N6. The third kappa shape index (κ3) is 3.16. The van der Waals surface area contributed by atoms with Gasteiger partial charge in [0.15, 0.2) is 11.5 Å². The molecule has 27 heavy (non-hydrogen) atoms. The number of aryl methyl sites for hydroxylation is 1. The molecule has 0 radical (unpaired) electrons. The second-order valence-corrected chi connectivity index (χ2v) is 5.97. The zero-order chi connectivity index (χ0) is 19.0. The van der Waals surface area contributed by atoms with Crippen molar-refractivity contribution in [1.82, 2.24) is 28.9 Å². The van der Waals surface area contributed by atoms with Gasteiger partial charge >= 0.3 is 6.18 Å². The Hall–Kier alpha value is -3.23. The topological polar surface area (TPSA) is 60.9 Å². The Morgan fingerprint density at radius 3 is 2.63 bits per heavy atom. The van der Waals surface area contributed by atoms with Crippen LogP contribution >= 0.6 is 0 Å². The van der Waals surface area contributed by atoms with Gasteiger partial charge in [-0.25, -0.2) is 15.0 Å². The molecule has 4 aromatic heterocycles. The minimum absolute atomic E-state index is 0.273. The van der Waals surface area contributed by atoms with Crippen molar-refractivity contribution in [1.29, 1.82) is 0 Å². The second kappa shape index (κ2) is 6.49. The number of hydrogen-bond donors (Lipinski definition) is 0. The average Bonchev–Trinajstić information content (AvgIpc) is 3.29. The molecular weight excluding hydrogens is 357 g/mol. The van der Waals surface area contributed by atoms with E-state index in [1.165, 1.54) is 10.7 Å². The monoisotopic (exact) mass is 372 g/mol. The maximum absolute atomic E-state index is 13.0. The summed E-state index contributed by atoms with van der Waals surface area (Å²) in [5, 5.41) is 0. The van der Waals surface area contributed by atoms with Crippen LogP contribution in [0.1, 0.15) is 23.9 Å². The van der Waals surface area contributed by atoms with Crippen LogP contribution in [-0.4, -0.2) is 28.9 Å². The molecule has 138 valence electrons. The fraction of sp³-hybridized carbons (Fsp3) is 0.222. The van der Waals surface area contributed by atoms with Crippen LogP contribution < -0.4 is 0 Å². The summed E-state index contributed by atoms with van der Waals surface area (Å²) in [6.45, 7) is 2.23. The van der Waals surface area contributed by atoms with Crippen LogP contribution in [0.2, 0.25) is 0 Å². The van der Waals surface area contributed by atoms with Gasteiger partial charge < -0.3 is 4.57 Å². The van der Waals surface area contributed by atoms with Gasteiger partial charge in [-0.3, -0.25) is 9.38 Å². The second-order valence-electron chi connectivity index (χ2n) is 5.97. The van der Waals surface area contributed by atoms with Crippen molar-refractivity contribution in [2.45, 2.75) is 26.1 Å². The molecule has 6 nitrogen and oxygen atoms in total. The highest BCUT2D eigenvalue weighted by molar-refractivity contribution is 5.52. The number of halogens is 3. The summed E-state index contributed by atoms with van der Waals surface area (Å²) in [5.74, 6) is 0.665. The van der Waals surface area contributed by atoms with E-state index in [-0.39, 0.29) is 5.65 Å². The Balaban J connectivity index is 1.76. The third-order valence-corrected chi connectivity index (χ3v) is 4.26. The van der Waals surface area contributed by atoms with Crippen LogP contribution in [0.25, 0.3) is 17.2 Å². The molecule has 4 heterocycles. The van der Waals surface area contributed by atoms with Gasteiger partial charge in [-0.1, -0.05) is 13.0 Å². The van der Waals surface area contributed by atoms with Gasteiger partial charge in [-0.2, -0.15) is 13.2 Å². The van der Waals surface area contributed by atoms with Crippen LogP contribution in [-0.2, 0) is 19.1 Å². The molecule has 0 bridgehead atoms. The molecule has 0 saturated carbocycles. The van der Waals surface area contributed by atoms with E-state index in [0.717, 1.165) is 6.20 Å². The Kier molecular flexibility index (Phi) is 4.14. The molecule has 0 amide bonds. The molecule has 4 rings (SSSR count). The standard InChI is InChI=1S/C18H15F3N6/c1-2-12-14(24-11-27-10-15(18(19,20)21)25-16(12)27)9-26-8-7-23-17(26)13-5-3-4-6-22-13/h3-8,10-11H,2,9H2,1H3. The lowest BCUT2D eigenvalue weighted by molar-refractivity contribution is -0.140. The lowest BCUT2D eigenvalue weighted by Gasteiger charge is -2.11. The average molecular weight is 372 g/mol. The lowest BCUT2D eigenvalue weighted by atomic mass is 10.1. The van der Waals surface area contributed by atoms with Crippen LogP contribution in [0.3, 0.4) is 0 Å². The molecule has 0 fully saturated rings. The molecule has 0 atom stereocenters. The minimum atomic E-state index is -4.49. The summed E-state index contributed by atoms with van der Waals surface area (Å²) in [7, 11) is 0. The zero-order valence-corrected chi connectivity index (χ0v) is 14.4. The molecule has 0 unspecified atom stereocenters. The lowest BCUT2D eigenvalue weighted by Crippen LogP contribution is -2.08. The van der Waals surface area contributed by atoms with E-state index in [9.17, 15) is 13.2 Å². The van der Waals surface area contributed by atoms with Crippen LogP contribution in [0.5, 0.6) is 0 Å². The van der Waals surface area contributed by atoms with Crippen molar-refractivity contribution >= 4 is 5.65 Å². The summed E-state index contributed by atoms with van der Waals surface area (Å²) in [5.41, 5.74) is 1.39. The molecule has 9 heteroatoms. The smallest absolute Gasteiger partial charge is 0.324 e. The molecule has 4 aromatic rings. The van der Waals surface area contributed by atoms with Crippen molar-refractivity contribution in [3.05, 3.63) is 66.3 Å². The molecule has 0 N–H and O–H groups in total. The van der Waals surface area contributed by atoms with Crippen LogP contribution in [0.15, 0.2) is 49.3 Å². The van der Waals surface area contributed by atoms with E-state index in [0.29, 0.717) is 35.7 Å². The number of imidazole rings is 2. The molecule has 0 aromatic carbocycles. The van der Waals surface area contributed by atoms with Crippen molar-refractivity contribution in [2.24, 2.45) is 0 Å². The van der Waals surface area contributed by atoms with Gasteiger partial charge in [0.2, 0.25) is 0 Å². The van der Waals surface area contributed by atoms with Gasteiger partial charge in [-0.15, -0.1) is 0 Å². The highest BCUT2D eigenvalue weighted by atomic mass is 19.4. The number of rotatable bonds is 4. The largest absolute Gasteiger partial charge is 0.434 e. The number of hydrogen-bond acceptors (Lipinski definition) is 4. The highest BCUT2D eigenvalue weighted by Gasteiger charge is 2.34. The Labute approximate surface area is 152 Å². The SMILES string of the molecule is CCc1c(Cn2ccnc2-c2ccccn2)ncn2cc(C(F)(F)F)nc12. The summed E-state index contributed by atoms with van der Waals surface area (Å²) in [6, 6.07) is 5.53. The van der Waals surface area contributed by atoms with Gasteiger partial charge in [-0.05, 0) is 18.6 Å². The van der Waals surface area contributed by atoms with Gasteiger partial charge in [0, 0.05) is 30.4 Å². The Morgan fingerprint density at radius 2 is 1.93 bits per heavy atom. The molecule has 0 spiro atoms. The predicted octanol–water partition coefficient (Wildman–Crippen LogP) is 3.62. The predicted molar refractivity (Wildman–Crippen MR) is 91.9 cm³/mol. The maximum atomic E-state index is 13.0. The van der Waals surface area contributed by atoms with Crippen molar-refractivity contribution < 1.29 is 13.2 Å². The van der Waals surface area contributed by atoms with E-state index in [4.69, 9.17) is 0 Å². The van der Waals surface area contributed by atoms with Gasteiger partial charge in [0.25, 0.3) is 0 Å². The molecule has 0 aliphatic heterocycles. The van der Waals surface area contributed by atoms with E-state index >= 15 is 0 Å². The van der Waals surface area contributed by atoms with Crippen LogP contribution in [0, 0.1) is 0 Å². The van der Waals surface area contributed by atoms with E-state index in [2.05, 4.69) is 19.9 Å². The highest BCUT2D eigenvalue weighted by Crippen LogP contribution is 2.29. The fourth-order valence-corrected chi connectivity index (χ4v) is 3.01. The van der Waals surface area contributed by atoms with E-state index in [1.807, 2.05) is 29.7 Å². The molecule has 0 aliphatic carbocycles. The minimum Gasteiger partial charge on any atom is -0.324 e. The van der Waals surface area contributed by atoms with Gasteiger partial charge in [0.1, 0.15) is 17.7 Å². The number of pyridine rings is 1. The van der Waals surface area contributed by atoms with E-state index in [1.54, 1.807) is 18.6 Å². The maximum Gasteiger partial charge on any atom is 0.434 e. The normalized spacial score (nSPS) is 12.0. The number of nitrogens with zero attached hydrogens (tertiary/aromatic N) is 6. The number of alkyl halides is 3. The summed E-state index contributed by atoms with van der Waals surface area (Å²) in [4.78, 5) is 16.8. The Morgan fingerprint density at radius 1 is 1.07 bits per heavy atom. The summed E-state index contributed by atoms with van der Waals surface area (Å²) in [6.07, 6.45) is 3.47. The number of fused-ring (bicyclic) bond motifs is 1. The third-order valence-electron chi connectivity index (χ3n) is 4.26. The fourth-order valence-electron chi connectivity index (χ4n) is 3.01. The van der Waals surface area contributed by atoms with Crippen LogP contribution in [0.4, 0.5) is 13.2 Å². The summed E-state index contributed by atoms with van der Waals surface area (Å²) >= 11 is 0. The summed E-state index contributed by atoms with van der Waals surface area (Å²) < 4.78 is 42.2. The first-order valence-corrected chi connectivity index (χ1v) is 8.32. The Bertz CT molecular complexity index is 1080.